The molecular weight excluding hydrogens is 300 g/mol. The molecular formula is C16H19BrN2. The zero-order valence-electron chi connectivity index (χ0n) is 11.4. The SMILES string of the molecule is CCNC(Cc1ccncc1)c1cccc(C)c1Br. The zero-order chi connectivity index (χ0) is 13.7. The molecule has 0 fully saturated rings. The van der Waals surface area contributed by atoms with Gasteiger partial charge < -0.3 is 5.32 Å². The second-order valence-corrected chi connectivity index (χ2v) is 5.44. The minimum absolute atomic E-state index is 0.321. The van der Waals surface area contributed by atoms with Crippen molar-refractivity contribution in [3.8, 4) is 0 Å². The monoisotopic (exact) mass is 318 g/mol. The molecule has 0 spiro atoms. The molecule has 0 saturated heterocycles. The van der Waals surface area contributed by atoms with Crippen LogP contribution in [0.1, 0.15) is 29.7 Å². The van der Waals surface area contributed by atoms with Gasteiger partial charge in [0.2, 0.25) is 0 Å². The summed E-state index contributed by atoms with van der Waals surface area (Å²) in [6.45, 7) is 5.22. The molecule has 1 N–H and O–H groups in total. The topological polar surface area (TPSA) is 24.9 Å². The average Bonchev–Trinajstić information content (AvgIpc) is 2.43. The van der Waals surface area contributed by atoms with Crippen LogP contribution >= 0.6 is 15.9 Å². The number of benzene rings is 1. The first-order valence-electron chi connectivity index (χ1n) is 6.59. The molecule has 100 valence electrons. The van der Waals surface area contributed by atoms with Gasteiger partial charge in [-0.05, 0) is 48.7 Å². The maximum absolute atomic E-state index is 4.07. The molecule has 0 aliphatic carbocycles. The van der Waals surface area contributed by atoms with E-state index in [0.717, 1.165) is 13.0 Å². The third kappa shape index (κ3) is 3.64. The molecule has 2 rings (SSSR count). The lowest BCUT2D eigenvalue weighted by atomic mass is 9.98. The molecule has 2 nitrogen and oxygen atoms in total. The Morgan fingerprint density at radius 2 is 1.95 bits per heavy atom. The second-order valence-electron chi connectivity index (χ2n) is 4.65. The van der Waals surface area contributed by atoms with Crippen LogP contribution in [0.15, 0.2) is 47.2 Å². The van der Waals surface area contributed by atoms with Crippen LogP contribution < -0.4 is 5.32 Å². The van der Waals surface area contributed by atoms with Gasteiger partial charge in [0, 0.05) is 22.9 Å². The highest BCUT2D eigenvalue weighted by Gasteiger charge is 2.15. The van der Waals surface area contributed by atoms with Crippen molar-refractivity contribution in [1.82, 2.24) is 10.3 Å². The van der Waals surface area contributed by atoms with Gasteiger partial charge in [-0.25, -0.2) is 0 Å². The lowest BCUT2D eigenvalue weighted by molar-refractivity contribution is 0.547. The van der Waals surface area contributed by atoms with Crippen molar-refractivity contribution in [2.24, 2.45) is 0 Å². The largest absolute Gasteiger partial charge is 0.310 e. The summed E-state index contributed by atoms with van der Waals surface area (Å²) in [6.07, 6.45) is 4.67. The first-order valence-corrected chi connectivity index (χ1v) is 7.39. The van der Waals surface area contributed by atoms with Crippen LogP contribution in [0.3, 0.4) is 0 Å². The second kappa shape index (κ2) is 6.83. The van der Waals surface area contributed by atoms with Crippen LogP contribution in [0.5, 0.6) is 0 Å². The molecule has 0 amide bonds. The van der Waals surface area contributed by atoms with Gasteiger partial charge in [0.15, 0.2) is 0 Å². The van der Waals surface area contributed by atoms with Gasteiger partial charge in [0.1, 0.15) is 0 Å². The Morgan fingerprint density at radius 1 is 1.21 bits per heavy atom. The minimum Gasteiger partial charge on any atom is -0.310 e. The molecule has 1 aromatic heterocycles. The number of nitrogens with one attached hydrogen (secondary N) is 1. The highest BCUT2D eigenvalue weighted by atomic mass is 79.9. The van der Waals surface area contributed by atoms with Crippen LogP contribution in [0.4, 0.5) is 0 Å². The summed E-state index contributed by atoms with van der Waals surface area (Å²) in [5.41, 5.74) is 3.89. The predicted octanol–water partition coefficient (Wildman–Crippen LogP) is 4.05. The maximum Gasteiger partial charge on any atom is 0.0372 e. The number of aromatic nitrogens is 1. The van der Waals surface area contributed by atoms with Gasteiger partial charge in [0.05, 0.1) is 0 Å². The Labute approximate surface area is 123 Å². The maximum atomic E-state index is 4.07. The number of hydrogen-bond donors (Lipinski definition) is 1. The molecule has 3 heteroatoms. The zero-order valence-corrected chi connectivity index (χ0v) is 12.9. The summed E-state index contributed by atoms with van der Waals surface area (Å²) in [7, 11) is 0. The fraction of sp³-hybridized carbons (Fsp3) is 0.312. The van der Waals surface area contributed by atoms with E-state index < -0.39 is 0 Å². The Kier molecular flexibility index (Phi) is 5.11. The van der Waals surface area contributed by atoms with Gasteiger partial charge in [0.25, 0.3) is 0 Å². The average molecular weight is 319 g/mol. The Hall–Kier alpha value is -1.19. The Balaban J connectivity index is 2.27. The summed E-state index contributed by atoms with van der Waals surface area (Å²) < 4.78 is 1.20. The molecule has 0 saturated carbocycles. The van der Waals surface area contributed by atoms with Gasteiger partial charge in [-0.3, -0.25) is 4.98 Å². The van der Waals surface area contributed by atoms with E-state index >= 15 is 0 Å². The Morgan fingerprint density at radius 3 is 2.63 bits per heavy atom. The summed E-state index contributed by atoms with van der Waals surface area (Å²) in [5.74, 6) is 0. The van der Waals surface area contributed by atoms with Crippen LogP contribution in [-0.4, -0.2) is 11.5 Å². The number of pyridine rings is 1. The fourth-order valence-electron chi connectivity index (χ4n) is 2.23. The minimum atomic E-state index is 0.321. The molecule has 2 aromatic rings. The smallest absolute Gasteiger partial charge is 0.0372 e. The van der Waals surface area contributed by atoms with Crippen molar-refractivity contribution in [1.29, 1.82) is 0 Å². The van der Waals surface area contributed by atoms with Crippen LogP contribution in [-0.2, 0) is 6.42 Å². The first kappa shape index (κ1) is 14.2. The number of halogens is 1. The lowest BCUT2D eigenvalue weighted by Crippen LogP contribution is -2.23. The molecule has 1 unspecified atom stereocenters. The van der Waals surface area contributed by atoms with Crippen LogP contribution in [0.2, 0.25) is 0 Å². The lowest BCUT2D eigenvalue weighted by Gasteiger charge is -2.20. The third-order valence-corrected chi connectivity index (χ3v) is 4.32. The van der Waals surface area contributed by atoms with Gasteiger partial charge in [-0.1, -0.05) is 41.1 Å². The van der Waals surface area contributed by atoms with Crippen molar-refractivity contribution in [3.63, 3.8) is 0 Å². The normalized spacial score (nSPS) is 12.4. The first-order chi connectivity index (χ1) is 9.22. The summed E-state index contributed by atoms with van der Waals surface area (Å²) in [5, 5.41) is 3.57. The predicted molar refractivity (Wildman–Crippen MR) is 83.2 cm³/mol. The molecule has 1 aromatic carbocycles. The molecule has 0 aliphatic heterocycles. The number of rotatable bonds is 5. The van der Waals surface area contributed by atoms with E-state index in [1.54, 1.807) is 0 Å². The number of likely N-dealkylation sites (N-methyl/N-ethyl adjacent to an activating group) is 1. The molecule has 0 radical (unpaired) electrons. The van der Waals surface area contributed by atoms with Crippen molar-refractivity contribution < 1.29 is 0 Å². The van der Waals surface area contributed by atoms with E-state index in [4.69, 9.17) is 0 Å². The number of nitrogens with zero attached hydrogens (tertiary/aromatic N) is 1. The molecule has 19 heavy (non-hydrogen) atoms. The summed E-state index contributed by atoms with van der Waals surface area (Å²) in [4.78, 5) is 4.07. The van der Waals surface area contributed by atoms with E-state index in [0.29, 0.717) is 6.04 Å². The highest BCUT2D eigenvalue weighted by molar-refractivity contribution is 9.10. The quantitative estimate of drug-likeness (QED) is 0.899. The number of aryl methyl sites for hydroxylation is 1. The summed E-state index contributed by atoms with van der Waals surface area (Å²) >= 11 is 3.71. The van der Waals surface area contributed by atoms with Crippen molar-refractivity contribution in [2.45, 2.75) is 26.3 Å². The summed E-state index contributed by atoms with van der Waals surface area (Å²) in [6, 6.07) is 10.9. The van der Waals surface area contributed by atoms with Crippen molar-refractivity contribution >= 4 is 15.9 Å². The molecule has 0 bridgehead atoms. The van der Waals surface area contributed by atoms with Gasteiger partial charge >= 0.3 is 0 Å². The van der Waals surface area contributed by atoms with Gasteiger partial charge in [-0.15, -0.1) is 0 Å². The standard InChI is InChI=1S/C16H19BrN2/c1-3-19-15(11-13-7-9-18-10-8-13)14-6-4-5-12(2)16(14)17/h4-10,15,19H,3,11H2,1-2H3. The number of hydrogen-bond acceptors (Lipinski definition) is 2. The highest BCUT2D eigenvalue weighted by Crippen LogP contribution is 2.28. The van der Waals surface area contributed by atoms with E-state index in [1.165, 1.54) is 21.2 Å². The van der Waals surface area contributed by atoms with E-state index in [1.807, 2.05) is 12.4 Å². The third-order valence-electron chi connectivity index (χ3n) is 3.24. The van der Waals surface area contributed by atoms with E-state index in [2.05, 4.69) is 70.4 Å². The molecule has 1 atom stereocenters. The van der Waals surface area contributed by atoms with Crippen LogP contribution in [0, 0.1) is 6.92 Å². The van der Waals surface area contributed by atoms with Crippen molar-refractivity contribution in [2.75, 3.05) is 6.54 Å². The fourth-order valence-corrected chi connectivity index (χ4v) is 2.77. The molecule has 1 heterocycles. The van der Waals surface area contributed by atoms with E-state index in [-0.39, 0.29) is 0 Å². The van der Waals surface area contributed by atoms with Crippen LogP contribution in [0.25, 0.3) is 0 Å². The van der Waals surface area contributed by atoms with Crippen molar-refractivity contribution in [3.05, 3.63) is 63.9 Å². The molecule has 0 aliphatic rings. The van der Waals surface area contributed by atoms with E-state index in [9.17, 15) is 0 Å². The Bertz CT molecular complexity index is 526. The van der Waals surface area contributed by atoms with Gasteiger partial charge in [-0.2, -0.15) is 0 Å².